The minimum absolute atomic E-state index is 0.0615. The molecule has 0 bridgehead atoms. The zero-order valence-electron chi connectivity index (χ0n) is 25.1. The van der Waals surface area contributed by atoms with Gasteiger partial charge >= 0.3 is 6.09 Å². The van der Waals surface area contributed by atoms with Gasteiger partial charge in [-0.05, 0) is 85.3 Å². The van der Waals surface area contributed by atoms with Gasteiger partial charge in [-0.25, -0.2) is 22.6 Å². The fourth-order valence-electron chi connectivity index (χ4n) is 5.86. The van der Waals surface area contributed by atoms with E-state index in [0.29, 0.717) is 65.6 Å². The molecule has 2 amide bonds. The van der Waals surface area contributed by atoms with E-state index in [9.17, 15) is 27.2 Å². The molecule has 6 rings (SSSR count). The van der Waals surface area contributed by atoms with Gasteiger partial charge in [0.1, 0.15) is 6.04 Å². The summed E-state index contributed by atoms with van der Waals surface area (Å²) >= 11 is 0. The van der Waals surface area contributed by atoms with Crippen LogP contribution in [0.2, 0.25) is 0 Å². The molecule has 2 atom stereocenters. The zero-order chi connectivity index (χ0) is 32.6. The summed E-state index contributed by atoms with van der Waals surface area (Å²) in [6, 6.07) is 11.8. The number of amides is 2. The second-order valence-electron chi connectivity index (χ2n) is 11.2. The molecule has 4 aromatic rings. The molecule has 2 unspecified atom stereocenters. The van der Waals surface area contributed by atoms with Crippen LogP contribution in [0.25, 0.3) is 10.9 Å². The Morgan fingerprint density at radius 3 is 2.57 bits per heavy atom. The van der Waals surface area contributed by atoms with Gasteiger partial charge in [0, 0.05) is 17.9 Å². The van der Waals surface area contributed by atoms with E-state index in [4.69, 9.17) is 9.47 Å². The van der Waals surface area contributed by atoms with Crippen LogP contribution < -0.4 is 20.9 Å². The number of ether oxygens (including phenoxy) is 2. The highest BCUT2D eigenvalue weighted by molar-refractivity contribution is 7.92. The van der Waals surface area contributed by atoms with Gasteiger partial charge in [0.05, 0.1) is 47.6 Å². The number of hydrogen-bond donors (Lipinski definition) is 3. The van der Waals surface area contributed by atoms with E-state index in [1.54, 1.807) is 29.2 Å². The predicted molar refractivity (Wildman–Crippen MR) is 168 cm³/mol. The molecule has 1 aliphatic carbocycles. The number of nitrogens with one attached hydrogen (secondary N) is 3. The van der Waals surface area contributed by atoms with Gasteiger partial charge in [0.25, 0.3) is 5.56 Å². The number of likely N-dealkylation sites (tertiary alicyclic amines) is 1. The zero-order valence-corrected chi connectivity index (χ0v) is 25.9. The molecule has 14 heteroatoms. The summed E-state index contributed by atoms with van der Waals surface area (Å²) in [5.41, 5.74) is 1.65. The number of halogens is 1. The van der Waals surface area contributed by atoms with Crippen molar-refractivity contribution in [1.29, 1.82) is 0 Å². The van der Waals surface area contributed by atoms with Crippen molar-refractivity contribution in [2.45, 2.75) is 47.9 Å². The summed E-state index contributed by atoms with van der Waals surface area (Å²) in [4.78, 5) is 47.5. The lowest BCUT2D eigenvalue weighted by Crippen LogP contribution is -2.38. The summed E-state index contributed by atoms with van der Waals surface area (Å²) in [6.07, 6.45) is 2.75. The van der Waals surface area contributed by atoms with Crippen LogP contribution in [0.5, 0.6) is 5.75 Å². The first-order valence-corrected chi connectivity index (χ1v) is 16.3. The molecule has 0 radical (unpaired) electrons. The average Bonchev–Trinajstić information content (AvgIpc) is 3.81. The van der Waals surface area contributed by atoms with Gasteiger partial charge < -0.3 is 24.7 Å². The summed E-state index contributed by atoms with van der Waals surface area (Å²) in [5, 5.41) is 5.61. The van der Waals surface area contributed by atoms with Crippen LogP contribution in [0.4, 0.5) is 20.6 Å². The van der Waals surface area contributed by atoms with Gasteiger partial charge in [0.15, 0.2) is 21.4 Å². The highest BCUT2D eigenvalue weighted by Crippen LogP contribution is 2.43. The normalized spacial score (nSPS) is 17.0. The molecule has 2 fully saturated rings. The lowest BCUT2D eigenvalue weighted by atomic mass is 10.0. The number of nitrogens with zero attached hydrogens (tertiary/aromatic N) is 2. The van der Waals surface area contributed by atoms with Crippen molar-refractivity contribution in [3.63, 3.8) is 0 Å². The molecule has 240 valence electrons. The monoisotopic (exact) mass is 649 g/mol. The number of rotatable bonds is 9. The van der Waals surface area contributed by atoms with Crippen molar-refractivity contribution in [2.24, 2.45) is 0 Å². The highest BCUT2D eigenvalue weighted by Gasteiger charge is 2.42. The Morgan fingerprint density at radius 1 is 1.04 bits per heavy atom. The largest absolute Gasteiger partial charge is 0.494 e. The van der Waals surface area contributed by atoms with Gasteiger partial charge in [-0.15, -0.1) is 0 Å². The number of carbonyl (C=O) groups is 2. The van der Waals surface area contributed by atoms with Crippen LogP contribution >= 0.6 is 0 Å². The van der Waals surface area contributed by atoms with Gasteiger partial charge in [-0.3, -0.25) is 14.9 Å². The standard InChI is InChI=1S/C32H32FN5O7S/c1-44-27-14-18(5-10-24(27)33)29(36-19-6-11-25-22(15-19)30(39)35-17-34-25)31(40)38-13-3-4-26(38)23-16-20(37-32(41)45-2)7-12-28(23)46(42,43)21-8-9-21/h5-7,10-12,14-17,21,26,29,36H,3-4,8-9,13H2,1-2H3,(H,37,41)(H,34,35,39). The number of methoxy groups -OCH3 is 2. The summed E-state index contributed by atoms with van der Waals surface area (Å²) in [6.45, 7) is 0.318. The molecular weight excluding hydrogens is 617 g/mol. The first kappa shape index (κ1) is 31.0. The van der Waals surface area contributed by atoms with Crippen LogP contribution in [0.1, 0.15) is 48.9 Å². The van der Waals surface area contributed by atoms with E-state index in [0.717, 1.165) is 0 Å². The molecule has 0 spiro atoms. The van der Waals surface area contributed by atoms with Gasteiger partial charge in [-0.2, -0.15) is 0 Å². The number of anilines is 2. The smallest absolute Gasteiger partial charge is 0.411 e. The molecule has 1 aromatic heterocycles. The third kappa shape index (κ3) is 5.99. The topological polar surface area (TPSA) is 160 Å². The fraction of sp³-hybridized carbons (Fsp3) is 0.312. The quantitative estimate of drug-likeness (QED) is 0.234. The number of hydrogen-bond acceptors (Lipinski definition) is 9. The lowest BCUT2D eigenvalue weighted by Gasteiger charge is -2.31. The van der Waals surface area contributed by atoms with Crippen LogP contribution in [-0.4, -0.2) is 61.3 Å². The van der Waals surface area contributed by atoms with E-state index in [-0.39, 0.29) is 16.2 Å². The maximum atomic E-state index is 14.6. The Morgan fingerprint density at radius 2 is 1.83 bits per heavy atom. The van der Waals surface area contributed by atoms with Crippen LogP contribution in [0.3, 0.4) is 0 Å². The first-order valence-electron chi connectivity index (χ1n) is 14.7. The molecule has 46 heavy (non-hydrogen) atoms. The third-order valence-corrected chi connectivity index (χ3v) is 10.6. The molecule has 1 aliphatic heterocycles. The van der Waals surface area contributed by atoms with E-state index in [1.807, 2.05) is 0 Å². The summed E-state index contributed by atoms with van der Waals surface area (Å²) in [5.74, 6) is -1.07. The predicted octanol–water partition coefficient (Wildman–Crippen LogP) is 4.70. The number of aromatic nitrogens is 2. The van der Waals surface area contributed by atoms with E-state index < -0.39 is 45.0 Å². The minimum Gasteiger partial charge on any atom is -0.494 e. The molecular formula is C32H32FN5O7S. The van der Waals surface area contributed by atoms with Crippen LogP contribution in [0, 0.1) is 5.82 Å². The van der Waals surface area contributed by atoms with Crippen LogP contribution in [-0.2, 0) is 19.4 Å². The van der Waals surface area contributed by atoms with Gasteiger partial charge in [-0.1, -0.05) is 6.07 Å². The molecule has 3 N–H and O–H groups in total. The first-order chi connectivity index (χ1) is 22.1. The lowest BCUT2D eigenvalue weighted by molar-refractivity contribution is -0.133. The molecule has 1 saturated heterocycles. The van der Waals surface area contributed by atoms with E-state index >= 15 is 0 Å². The third-order valence-electron chi connectivity index (χ3n) is 8.31. The molecule has 3 aromatic carbocycles. The van der Waals surface area contributed by atoms with E-state index in [1.165, 1.54) is 50.9 Å². The van der Waals surface area contributed by atoms with Crippen molar-refractivity contribution in [3.05, 3.63) is 88.2 Å². The highest BCUT2D eigenvalue weighted by atomic mass is 32.2. The SMILES string of the molecule is COC(=O)Nc1ccc(S(=O)(=O)C2CC2)c(C2CCCN2C(=O)C(Nc2ccc3nc[nH]c(=O)c3c2)c2ccc(F)c(OC)c2)c1. The summed E-state index contributed by atoms with van der Waals surface area (Å²) in [7, 11) is -1.14. The average molecular weight is 650 g/mol. The van der Waals surface area contributed by atoms with Crippen molar-refractivity contribution >= 4 is 44.1 Å². The maximum Gasteiger partial charge on any atom is 0.411 e. The Kier molecular flexibility index (Phi) is 8.38. The van der Waals surface area contributed by atoms with Crippen molar-refractivity contribution in [3.8, 4) is 5.75 Å². The molecule has 2 aliphatic rings. The molecule has 1 saturated carbocycles. The second kappa shape index (κ2) is 12.4. The number of aromatic amines is 1. The Labute approximate surface area is 263 Å². The van der Waals surface area contributed by atoms with Crippen molar-refractivity contribution in [2.75, 3.05) is 31.4 Å². The molecule has 12 nitrogen and oxygen atoms in total. The molecule has 2 heterocycles. The maximum absolute atomic E-state index is 14.6. The summed E-state index contributed by atoms with van der Waals surface area (Å²) < 4.78 is 51.5. The number of carbonyl (C=O) groups excluding carboxylic acids is 2. The number of benzene rings is 3. The van der Waals surface area contributed by atoms with Crippen molar-refractivity contribution in [1.82, 2.24) is 14.9 Å². The Bertz CT molecular complexity index is 2000. The number of fused-ring (bicyclic) bond motifs is 1. The number of H-pyrrole nitrogens is 1. The second-order valence-corrected chi connectivity index (χ2v) is 13.4. The number of sulfone groups is 1. The Hall–Kier alpha value is -4.98. The fourth-order valence-corrected chi connectivity index (χ4v) is 7.76. The Balaban J connectivity index is 1.42. The van der Waals surface area contributed by atoms with Crippen molar-refractivity contribution < 1.29 is 31.9 Å². The van der Waals surface area contributed by atoms with Crippen LogP contribution in [0.15, 0.2) is 70.6 Å². The minimum atomic E-state index is -3.69. The van der Waals surface area contributed by atoms with Gasteiger partial charge in [0.2, 0.25) is 5.91 Å². The van der Waals surface area contributed by atoms with E-state index in [2.05, 4.69) is 20.6 Å².